The van der Waals surface area contributed by atoms with Gasteiger partial charge in [0.05, 0.1) is 22.4 Å². The molecule has 1 aromatic heterocycles. The van der Waals surface area contributed by atoms with Crippen molar-refractivity contribution >= 4 is 34.5 Å². The molecule has 1 aliphatic heterocycles. The number of amides is 1. The number of hydrogen-bond acceptors (Lipinski definition) is 4. The van der Waals surface area contributed by atoms with Crippen molar-refractivity contribution in [3.05, 3.63) is 94.6 Å². The molecule has 4 aromatic rings. The van der Waals surface area contributed by atoms with Gasteiger partial charge in [-0.05, 0) is 85.8 Å². The van der Waals surface area contributed by atoms with Gasteiger partial charge in [0.1, 0.15) is 0 Å². The Morgan fingerprint density at radius 2 is 1.61 bits per heavy atom. The number of aliphatic carboxylic acids is 1. The molecule has 2 heterocycles. The first-order valence-electron chi connectivity index (χ1n) is 14.6. The van der Waals surface area contributed by atoms with E-state index in [1.165, 1.54) is 12.0 Å². The first-order valence-corrected chi connectivity index (χ1v) is 15.0. The first kappa shape index (κ1) is 27.4. The molecule has 0 spiro atoms. The SMILES string of the molecule is O=C(O)CCCCc1nc2cc(C(=O)N3C[C@H]4CCC[C@@H](C3)[C@H]4c3ccccc3)ccc2nc1-c1ccc(Cl)cc1. The maximum atomic E-state index is 13.8. The molecule has 2 bridgehead atoms. The van der Waals surface area contributed by atoms with Crippen LogP contribution in [0.3, 0.4) is 0 Å². The van der Waals surface area contributed by atoms with Crippen LogP contribution in [-0.4, -0.2) is 44.9 Å². The molecule has 6 nitrogen and oxygen atoms in total. The Kier molecular flexibility index (Phi) is 8.02. The van der Waals surface area contributed by atoms with Gasteiger partial charge in [-0.3, -0.25) is 9.59 Å². The van der Waals surface area contributed by atoms with E-state index in [2.05, 4.69) is 35.2 Å². The van der Waals surface area contributed by atoms with Crippen molar-refractivity contribution in [2.45, 2.75) is 50.9 Å². The monoisotopic (exact) mass is 567 g/mol. The van der Waals surface area contributed by atoms with Crippen LogP contribution in [0.1, 0.15) is 66.1 Å². The maximum absolute atomic E-state index is 13.8. The molecule has 0 unspecified atom stereocenters. The van der Waals surface area contributed by atoms with E-state index in [1.807, 2.05) is 42.5 Å². The third-order valence-corrected chi connectivity index (χ3v) is 8.95. The molecule has 1 saturated heterocycles. The van der Waals surface area contributed by atoms with Gasteiger partial charge >= 0.3 is 5.97 Å². The van der Waals surface area contributed by atoms with Gasteiger partial charge in [0.15, 0.2) is 0 Å². The smallest absolute Gasteiger partial charge is 0.303 e. The molecule has 2 fully saturated rings. The third-order valence-electron chi connectivity index (χ3n) is 8.70. The fraction of sp³-hybridized carbons (Fsp3) is 0.353. The minimum Gasteiger partial charge on any atom is -0.481 e. The van der Waals surface area contributed by atoms with Crippen molar-refractivity contribution < 1.29 is 14.7 Å². The molecular formula is C34H34ClN3O3. The fourth-order valence-electron chi connectivity index (χ4n) is 6.81. The molecule has 2 aliphatic rings. The zero-order valence-corrected chi connectivity index (χ0v) is 23.8. The summed E-state index contributed by atoms with van der Waals surface area (Å²) >= 11 is 6.12. The minimum atomic E-state index is -0.799. The highest BCUT2D eigenvalue weighted by Crippen LogP contribution is 2.46. The van der Waals surface area contributed by atoms with Gasteiger partial charge in [0.2, 0.25) is 0 Å². The number of piperidine rings is 1. The van der Waals surface area contributed by atoms with Crippen molar-refractivity contribution in [3.8, 4) is 11.3 Å². The van der Waals surface area contributed by atoms with Crippen LogP contribution in [0, 0.1) is 11.8 Å². The highest BCUT2D eigenvalue weighted by atomic mass is 35.5. The summed E-state index contributed by atoms with van der Waals surface area (Å²) in [4.78, 5) is 36.8. The number of carbonyl (C=O) groups excluding carboxylic acids is 1. The predicted molar refractivity (Wildman–Crippen MR) is 161 cm³/mol. The van der Waals surface area contributed by atoms with Crippen LogP contribution in [0.4, 0.5) is 0 Å². The number of likely N-dealkylation sites (tertiary alicyclic amines) is 1. The second-order valence-electron chi connectivity index (χ2n) is 11.4. The highest BCUT2D eigenvalue weighted by molar-refractivity contribution is 6.30. The molecule has 6 rings (SSSR count). The number of hydrogen-bond donors (Lipinski definition) is 1. The number of nitrogens with zero attached hydrogens (tertiary/aromatic N) is 3. The topological polar surface area (TPSA) is 83.4 Å². The lowest BCUT2D eigenvalue weighted by atomic mass is 9.66. The zero-order valence-electron chi connectivity index (χ0n) is 23.0. The summed E-state index contributed by atoms with van der Waals surface area (Å²) in [7, 11) is 0. The summed E-state index contributed by atoms with van der Waals surface area (Å²) in [6.07, 6.45) is 5.52. The van der Waals surface area contributed by atoms with Crippen molar-refractivity contribution in [1.82, 2.24) is 14.9 Å². The number of aromatic nitrogens is 2. The van der Waals surface area contributed by atoms with E-state index < -0.39 is 5.97 Å². The quantitative estimate of drug-likeness (QED) is 0.224. The Morgan fingerprint density at radius 3 is 2.32 bits per heavy atom. The Balaban J connectivity index is 1.27. The molecule has 1 amide bonds. The van der Waals surface area contributed by atoms with Crippen LogP contribution in [0.5, 0.6) is 0 Å². The van der Waals surface area contributed by atoms with Crippen LogP contribution < -0.4 is 0 Å². The van der Waals surface area contributed by atoms with E-state index in [0.717, 1.165) is 48.4 Å². The molecule has 0 radical (unpaired) electrons. The number of carbonyl (C=O) groups is 2. The Labute approximate surface area is 245 Å². The molecule has 210 valence electrons. The number of carboxylic acid groups (broad SMARTS) is 1. The van der Waals surface area contributed by atoms with Crippen LogP contribution in [0.25, 0.3) is 22.3 Å². The lowest BCUT2D eigenvalue weighted by Gasteiger charge is -2.47. The second kappa shape index (κ2) is 12.0. The summed E-state index contributed by atoms with van der Waals surface area (Å²) < 4.78 is 0. The van der Waals surface area contributed by atoms with Crippen LogP contribution in [0.15, 0.2) is 72.8 Å². The number of benzene rings is 3. The molecule has 1 saturated carbocycles. The predicted octanol–water partition coefficient (Wildman–Crippen LogP) is 7.40. The zero-order chi connectivity index (χ0) is 28.3. The minimum absolute atomic E-state index is 0.0573. The maximum Gasteiger partial charge on any atom is 0.303 e. The lowest BCUT2D eigenvalue weighted by Crippen LogP contribution is -2.49. The van der Waals surface area contributed by atoms with Crippen molar-refractivity contribution in [3.63, 3.8) is 0 Å². The van der Waals surface area contributed by atoms with E-state index in [9.17, 15) is 9.59 Å². The average molecular weight is 568 g/mol. The standard InChI is InChI=1S/C34H34ClN3O3/c35-27-16-13-23(14-17-27)33-29(11-4-5-12-31(39)40)36-30-19-24(15-18-28(30)37-33)34(41)38-20-25-9-6-10-26(21-38)32(25)22-7-2-1-3-8-22/h1-3,7-8,13-19,25-26,32H,4-6,9-12,20-21H2,(H,39,40)/t25-,26+,32+. The van der Waals surface area contributed by atoms with E-state index in [1.54, 1.807) is 0 Å². The molecule has 41 heavy (non-hydrogen) atoms. The Hall–Kier alpha value is -3.77. The molecule has 7 heteroatoms. The number of unbranched alkanes of at least 4 members (excludes halogenated alkanes) is 1. The van der Waals surface area contributed by atoms with E-state index >= 15 is 0 Å². The third kappa shape index (κ3) is 5.98. The van der Waals surface area contributed by atoms with Gasteiger partial charge in [-0.25, -0.2) is 9.97 Å². The number of rotatable bonds is 8. The number of carboxylic acids is 1. The van der Waals surface area contributed by atoms with Crippen molar-refractivity contribution in [2.24, 2.45) is 11.8 Å². The van der Waals surface area contributed by atoms with Crippen molar-refractivity contribution in [1.29, 1.82) is 0 Å². The van der Waals surface area contributed by atoms with E-state index in [0.29, 0.717) is 53.1 Å². The fourth-order valence-corrected chi connectivity index (χ4v) is 6.94. The largest absolute Gasteiger partial charge is 0.481 e. The van der Waals surface area contributed by atoms with Crippen LogP contribution in [0.2, 0.25) is 5.02 Å². The summed E-state index contributed by atoms with van der Waals surface area (Å²) in [5.74, 6) is 0.739. The van der Waals surface area contributed by atoms with Gasteiger partial charge < -0.3 is 10.0 Å². The van der Waals surface area contributed by atoms with Crippen molar-refractivity contribution in [2.75, 3.05) is 13.1 Å². The Morgan fingerprint density at radius 1 is 0.878 bits per heavy atom. The van der Waals surface area contributed by atoms with Crippen LogP contribution in [-0.2, 0) is 11.2 Å². The van der Waals surface area contributed by atoms with E-state index in [4.69, 9.17) is 26.7 Å². The summed E-state index contributed by atoms with van der Waals surface area (Å²) in [6, 6.07) is 23.9. The highest BCUT2D eigenvalue weighted by Gasteiger charge is 2.41. The van der Waals surface area contributed by atoms with Gasteiger partial charge in [0, 0.05) is 35.7 Å². The molecule has 3 atom stereocenters. The lowest BCUT2D eigenvalue weighted by molar-refractivity contribution is -0.137. The molecule has 1 aliphatic carbocycles. The first-order chi connectivity index (χ1) is 20.0. The number of halogens is 1. The summed E-state index contributed by atoms with van der Waals surface area (Å²) in [5.41, 5.74) is 5.92. The normalized spacial score (nSPS) is 20.2. The Bertz CT molecular complexity index is 1540. The van der Waals surface area contributed by atoms with Crippen LogP contribution >= 0.6 is 11.6 Å². The van der Waals surface area contributed by atoms with E-state index in [-0.39, 0.29) is 12.3 Å². The number of fused-ring (bicyclic) bond motifs is 3. The van der Waals surface area contributed by atoms with Gasteiger partial charge in [-0.2, -0.15) is 0 Å². The average Bonchev–Trinajstić information content (AvgIpc) is 2.98. The second-order valence-corrected chi connectivity index (χ2v) is 11.9. The summed E-state index contributed by atoms with van der Waals surface area (Å²) in [5, 5.41) is 9.69. The molecule has 1 N–H and O–H groups in total. The van der Waals surface area contributed by atoms with Gasteiger partial charge in [-0.1, -0.05) is 60.5 Å². The number of aryl methyl sites for hydroxylation is 1. The van der Waals surface area contributed by atoms with Gasteiger partial charge in [-0.15, -0.1) is 0 Å². The molecule has 3 aromatic carbocycles. The summed E-state index contributed by atoms with van der Waals surface area (Å²) in [6.45, 7) is 1.56. The van der Waals surface area contributed by atoms with Gasteiger partial charge in [0.25, 0.3) is 5.91 Å². The molecular weight excluding hydrogens is 534 g/mol.